The molecule has 0 saturated heterocycles. The lowest BCUT2D eigenvalue weighted by atomic mass is 9.90. The number of benzene rings is 1. The highest BCUT2D eigenvalue weighted by atomic mass is 19.2. The Morgan fingerprint density at radius 3 is 2.29 bits per heavy atom. The minimum Gasteiger partial charge on any atom is -0.497 e. The predicted molar refractivity (Wildman–Crippen MR) is 71.9 cm³/mol. The standard InChI is InChI=1S/C14H10F5NO4/c1-23-6-3-4-7(8(15)5-6)9-10(16)11(17)13(24-2)14(19,12(9)18)20(21)22/h3-5,13H,1-2H3. The van der Waals surface area contributed by atoms with Crippen LogP contribution in [0.2, 0.25) is 0 Å². The zero-order valence-electron chi connectivity index (χ0n) is 12.3. The maximum absolute atomic E-state index is 14.5. The fourth-order valence-corrected chi connectivity index (χ4v) is 2.29. The molecule has 0 radical (unpaired) electrons. The zero-order valence-corrected chi connectivity index (χ0v) is 12.3. The molecule has 0 aromatic heterocycles. The van der Waals surface area contributed by atoms with Crippen LogP contribution in [-0.2, 0) is 4.74 Å². The number of alkyl halides is 1. The molecule has 0 fully saturated rings. The molecule has 0 heterocycles. The third kappa shape index (κ3) is 2.42. The van der Waals surface area contributed by atoms with Crippen LogP contribution in [0.4, 0.5) is 22.0 Å². The van der Waals surface area contributed by atoms with Crippen molar-refractivity contribution in [1.82, 2.24) is 0 Å². The summed E-state index contributed by atoms with van der Waals surface area (Å²) in [6.45, 7) is 0. The van der Waals surface area contributed by atoms with Crippen molar-refractivity contribution in [1.29, 1.82) is 0 Å². The van der Waals surface area contributed by atoms with Crippen LogP contribution >= 0.6 is 0 Å². The SMILES string of the molecule is COc1ccc(C2=C(F)C(F)([N+](=O)[O-])C(OC)C(F)=C2F)c(F)c1. The normalized spacial score (nSPS) is 24.4. The van der Waals surface area contributed by atoms with E-state index in [1.165, 1.54) is 7.11 Å². The predicted octanol–water partition coefficient (Wildman–Crippen LogP) is 3.64. The van der Waals surface area contributed by atoms with Crippen molar-refractivity contribution in [3.63, 3.8) is 0 Å². The van der Waals surface area contributed by atoms with E-state index in [0.717, 1.165) is 12.1 Å². The average Bonchev–Trinajstić information content (AvgIpc) is 2.54. The van der Waals surface area contributed by atoms with Crippen molar-refractivity contribution in [2.75, 3.05) is 14.2 Å². The minimum atomic E-state index is -4.24. The van der Waals surface area contributed by atoms with Gasteiger partial charge in [0.1, 0.15) is 11.6 Å². The molecule has 2 unspecified atom stereocenters. The van der Waals surface area contributed by atoms with E-state index < -0.39 is 51.3 Å². The summed E-state index contributed by atoms with van der Waals surface area (Å²) in [5.41, 5.74) is -2.43. The molecule has 1 aliphatic carbocycles. The molecule has 1 aromatic rings. The first-order valence-electron chi connectivity index (χ1n) is 6.36. The number of ether oxygens (including phenoxy) is 2. The highest BCUT2D eigenvalue weighted by Gasteiger charge is 2.64. The fraction of sp³-hybridized carbons (Fsp3) is 0.286. The smallest absolute Gasteiger partial charge is 0.443 e. The Balaban J connectivity index is 2.78. The molecule has 1 aromatic carbocycles. The van der Waals surface area contributed by atoms with Gasteiger partial charge in [0, 0.05) is 18.7 Å². The lowest BCUT2D eigenvalue weighted by molar-refractivity contribution is -0.608. The molecule has 5 nitrogen and oxygen atoms in total. The molecule has 24 heavy (non-hydrogen) atoms. The second kappa shape index (κ2) is 6.19. The third-order valence-corrected chi connectivity index (χ3v) is 3.48. The van der Waals surface area contributed by atoms with Gasteiger partial charge in [-0.15, -0.1) is 0 Å². The summed E-state index contributed by atoms with van der Waals surface area (Å²) >= 11 is 0. The summed E-state index contributed by atoms with van der Waals surface area (Å²) in [5, 5.41) is 10.9. The third-order valence-electron chi connectivity index (χ3n) is 3.48. The van der Waals surface area contributed by atoms with Crippen LogP contribution in [0.1, 0.15) is 5.56 Å². The Morgan fingerprint density at radius 1 is 1.21 bits per heavy atom. The van der Waals surface area contributed by atoms with Crippen LogP contribution in [0.25, 0.3) is 5.57 Å². The Labute approximate surface area is 132 Å². The van der Waals surface area contributed by atoms with E-state index in [1.807, 2.05) is 0 Å². The van der Waals surface area contributed by atoms with Gasteiger partial charge in [-0.1, -0.05) is 0 Å². The highest BCUT2D eigenvalue weighted by molar-refractivity contribution is 5.82. The van der Waals surface area contributed by atoms with E-state index in [2.05, 4.69) is 4.74 Å². The second-order valence-corrected chi connectivity index (χ2v) is 4.74. The number of allylic oxidation sites excluding steroid dienone is 2. The molecular weight excluding hydrogens is 341 g/mol. The van der Waals surface area contributed by atoms with E-state index >= 15 is 0 Å². The second-order valence-electron chi connectivity index (χ2n) is 4.74. The van der Waals surface area contributed by atoms with Gasteiger partial charge in [-0.05, 0) is 12.1 Å². The number of nitro groups is 1. The quantitative estimate of drug-likeness (QED) is 0.360. The number of methoxy groups -OCH3 is 2. The molecule has 1 aliphatic rings. The Hall–Kier alpha value is -2.49. The van der Waals surface area contributed by atoms with E-state index in [9.17, 15) is 32.1 Å². The Morgan fingerprint density at radius 2 is 1.83 bits per heavy atom. The van der Waals surface area contributed by atoms with E-state index in [4.69, 9.17) is 4.74 Å². The molecule has 0 spiro atoms. The van der Waals surface area contributed by atoms with Gasteiger partial charge in [-0.25, -0.2) is 13.2 Å². The van der Waals surface area contributed by atoms with Crippen LogP contribution in [0.5, 0.6) is 5.75 Å². The number of halogens is 5. The number of nitrogens with zero attached hydrogens (tertiary/aromatic N) is 1. The van der Waals surface area contributed by atoms with Gasteiger partial charge >= 0.3 is 5.79 Å². The largest absolute Gasteiger partial charge is 0.497 e. The van der Waals surface area contributed by atoms with Crippen molar-refractivity contribution >= 4 is 5.57 Å². The summed E-state index contributed by atoms with van der Waals surface area (Å²) in [5.74, 6) is -11.9. The van der Waals surface area contributed by atoms with Gasteiger partial charge in [0.25, 0.3) is 0 Å². The Bertz CT molecular complexity index is 764. The molecule has 0 saturated carbocycles. The summed E-state index contributed by atoms with van der Waals surface area (Å²) < 4.78 is 79.9. The summed E-state index contributed by atoms with van der Waals surface area (Å²) in [7, 11) is 1.83. The van der Waals surface area contributed by atoms with E-state index in [1.54, 1.807) is 0 Å². The molecule has 10 heteroatoms. The average molecular weight is 351 g/mol. The summed E-state index contributed by atoms with van der Waals surface area (Å²) in [4.78, 5) is 9.12. The maximum atomic E-state index is 14.5. The van der Waals surface area contributed by atoms with Crippen molar-refractivity contribution in [2.24, 2.45) is 0 Å². The number of hydrogen-bond donors (Lipinski definition) is 0. The number of hydrogen-bond acceptors (Lipinski definition) is 4. The monoisotopic (exact) mass is 351 g/mol. The van der Waals surface area contributed by atoms with Gasteiger partial charge in [0.05, 0.1) is 17.6 Å². The van der Waals surface area contributed by atoms with Crippen molar-refractivity contribution in [2.45, 2.75) is 11.9 Å². The first-order chi connectivity index (χ1) is 11.2. The van der Waals surface area contributed by atoms with Crippen LogP contribution in [0, 0.1) is 15.9 Å². The van der Waals surface area contributed by atoms with Gasteiger partial charge < -0.3 is 9.47 Å². The summed E-state index contributed by atoms with van der Waals surface area (Å²) in [6, 6.07) is 2.55. The molecule has 2 atom stereocenters. The van der Waals surface area contributed by atoms with Crippen LogP contribution in [0.3, 0.4) is 0 Å². The molecular formula is C14H10F5NO4. The molecule has 130 valence electrons. The fourth-order valence-electron chi connectivity index (χ4n) is 2.29. The minimum absolute atomic E-state index is 0.0338. The van der Waals surface area contributed by atoms with Crippen molar-refractivity contribution in [3.8, 4) is 5.75 Å². The lowest BCUT2D eigenvalue weighted by Gasteiger charge is -2.28. The maximum Gasteiger partial charge on any atom is 0.443 e. The lowest BCUT2D eigenvalue weighted by Crippen LogP contribution is -2.49. The number of rotatable bonds is 4. The molecule has 0 aliphatic heterocycles. The summed E-state index contributed by atoms with van der Waals surface area (Å²) in [6.07, 6.45) is -2.78. The highest BCUT2D eigenvalue weighted by Crippen LogP contribution is 2.48. The molecule has 0 N–H and O–H groups in total. The first kappa shape index (κ1) is 17.9. The van der Waals surface area contributed by atoms with Crippen molar-refractivity contribution in [3.05, 3.63) is 57.2 Å². The van der Waals surface area contributed by atoms with E-state index in [-0.39, 0.29) is 5.75 Å². The van der Waals surface area contributed by atoms with Gasteiger partial charge in [0.2, 0.25) is 11.9 Å². The topological polar surface area (TPSA) is 61.6 Å². The van der Waals surface area contributed by atoms with Crippen LogP contribution < -0.4 is 4.74 Å². The van der Waals surface area contributed by atoms with Gasteiger partial charge in [0.15, 0.2) is 11.7 Å². The molecule has 0 bridgehead atoms. The van der Waals surface area contributed by atoms with Gasteiger partial charge in [-0.2, -0.15) is 8.78 Å². The van der Waals surface area contributed by atoms with Crippen molar-refractivity contribution < 1.29 is 36.3 Å². The zero-order chi connectivity index (χ0) is 18.2. The first-order valence-corrected chi connectivity index (χ1v) is 6.36. The van der Waals surface area contributed by atoms with E-state index in [0.29, 0.717) is 13.2 Å². The molecule has 0 amide bonds. The molecule has 2 rings (SSSR count). The van der Waals surface area contributed by atoms with Gasteiger partial charge in [-0.3, -0.25) is 10.1 Å². The van der Waals surface area contributed by atoms with Crippen LogP contribution in [0.15, 0.2) is 35.7 Å². The Kier molecular flexibility index (Phi) is 4.61. The van der Waals surface area contributed by atoms with Crippen LogP contribution in [-0.4, -0.2) is 31.0 Å².